The van der Waals surface area contributed by atoms with Crippen molar-refractivity contribution in [2.24, 2.45) is 0 Å². The number of hydrogen-bond donors (Lipinski definition) is 0. The van der Waals surface area contributed by atoms with E-state index in [1.54, 1.807) is 0 Å². The zero-order valence-electron chi connectivity index (χ0n) is 24.0. The molecule has 1 fully saturated rings. The maximum Gasteiger partial charge on any atom is 0.157 e. The molecule has 1 aliphatic carbocycles. The van der Waals surface area contributed by atoms with Crippen molar-refractivity contribution >= 4 is 17.2 Å². The fraction of sp³-hybridized carbons (Fsp3) is 0.812. The van der Waals surface area contributed by atoms with Gasteiger partial charge in [0.25, 0.3) is 0 Å². The fourth-order valence-corrected chi connectivity index (χ4v) is 6.65. The summed E-state index contributed by atoms with van der Waals surface area (Å²) >= 11 is 6.89. The highest BCUT2D eigenvalue weighted by molar-refractivity contribution is 6.29. The van der Waals surface area contributed by atoms with E-state index in [0.29, 0.717) is 5.15 Å². The molecule has 2 aromatic heterocycles. The van der Waals surface area contributed by atoms with E-state index in [-0.39, 0.29) is 10.8 Å². The Morgan fingerprint density at radius 2 is 1.39 bits per heavy atom. The van der Waals surface area contributed by atoms with Gasteiger partial charge in [-0.3, -0.25) is 0 Å². The minimum Gasteiger partial charge on any atom is -0.233 e. The van der Waals surface area contributed by atoms with Crippen LogP contribution in [0.25, 0.3) is 5.65 Å². The molecule has 36 heavy (non-hydrogen) atoms. The quantitative estimate of drug-likeness (QED) is 0.208. The Morgan fingerprint density at radius 1 is 0.806 bits per heavy atom. The Hall–Kier alpha value is -1.09. The zero-order valence-corrected chi connectivity index (χ0v) is 24.8. The van der Waals surface area contributed by atoms with Crippen molar-refractivity contribution in [3.8, 4) is 0 Å². The first kappa shape index (κ1) is 29.5. The van der Waals surface area contributed by atoms with Gasteiger partial charge in [-0.15, -0.1) is 0 Å². The Bertz CT molecular complexity index is 892. The summed E-state index contributed by atoms with van der Waals surface area (Å²) in [7, 11) is 0. The van der Waals surface area contributed by atoms with E-state index in [1.807, 2.05) is 4.52 Å². The molecule has 1 unspecified atom stereocenters. The van der Waals surface area contributed by atoms with E-state index in [4.69, 9.17) is 21.7 Å². The van der Waals surface area contributed by atoms with Gasteiger partial charge in [0, 0.05) is 16.9 Å². The molecule has 0 N–H and O–H groups in total. The molecule has 1 saturated carbocycles. The molecule has 0 radical (unpaired) electrons. The molecular weight excluding hydrogens is 462 g/mol. The first-order chi connectivity index (χ1) is 17.4. The molecular formula is C32H54ClN3. The van der Waals surface area contributed by atoms with Crippen LogP contribution < -0.4 is 0 Å². The van der Waals surface area contributed by atoms with Gasteiger partial charge in [0.15, 0.2) is 5.65 Å². The topological polar surface area (TPSA) is 30.2 Å². The summed E-state index contributed by atoms with van der Waals surface area (Å²) in [5.74, 6) is 0. The predicted octanol–water partition coefficient (Wildman–Crippen LogP) is 10.8. The van der Waals surface area contributed by atoms with E-state index in [0.717, 1.165) is 17.8 Å². The molecule has 0 aliphatic heterocycles. The number of aromatic nitrogens is 3. The van der Waals surface area contributed by atoms with Crippen LogP contribution in [0, 0.1) is 0 Å². The standard InChI is InChI=1S/C32H54ClN3/c1-5-7-8-9-12-15-18-22-31(3,21-6-2)27-25-29(33)36-30(34-27)26-28(35-36)32(4)23-19-16-13-10-11-14-17-20-24-32/h25-26H,5-24H2,1-4H3. The first-order valence-corrected chi connectivity index (χ1v) is 15.9. The van der Waals surface area contributed by atoms with Gasteiger partial charge in [-0.2, -0.15) is 5.10 Å². The van der Waals surface area contributed by atoms with Gasteiger partial charge in [-0.25, -0.2) is 9.50 Å². The number of rotatable bonds is 12. The molecule has 1 aliphatic rings. The van der Waals surface area contributed by atoms with E-state index in [9.17, 15) is 0 Å². The third-order valence-electron chi connectivity index (χ3n) is 8.96. The summed E-state index contributed by atoms with van der Waals surface area (Å²) in [5, 5.41) is 5.77. The van der Waals surface area contributed by atoms with Crippen LogP contribution in [-0.2, 0) is 10.8 Å². The van der Waals surface area contributed by atoms with Crippen LogP contribution in [0.1, 0.15) is 167 Å². The largest absolute Gasteiger partial charge is 0.233 e. The zero-order chi connectivity index (χ0) is 25.9. The van der Waals surface area contributed by atoms with Gasteiger partial charge in [-0.05, 0) is 31.7 Å². The highest BCUT2D eigenvalue weighted by Crippen LogP contribution is 2.38. The SMILES string of the molecule is CCCCCCCCCC(C)(CCC)c1cc(Cl)n2nc(C3(C)CCCCCCCCCC3)cc2n1. The minimum atomic E-state index is 0.0759. The molecule has 2 heterocycles. The van der Waals surface area contributed by atoms with E-state index < -0.39 is 0 Å². The van der Waals surface area contributed by atoms with Crippen LogP contribution in [0.2, 0.25) is 5.15 Å². The van der Waals surface area contributed by atoms with Crippen molar-refractivity contribution in [1.82, 2.24) is 14.6 Å². The summed E-state index contributed by atoms with van der Waals surface area (Å²) in [6, 6.07) is 4.37. The van der Waals surface area contributed by atoms with Crippen LogP contribution in [-0.4, -0.2) is 14.6 Å². The Balaban J connectivity index is 1.78. The van der Waals surface area contributed by atoms with Crippen molar-refractivity contribution in [2.45, 2.75) is 167 Å². The molecule has 0 amide bonds. The third kappa shape index (κ3) is 8.20. The van der Waals surface area contributed by atoms with Gasteiger partial charge in [0.1, 0.15) is 5.15 Å². The average molecular weight is 516 g/mol. The minimum absolute atomic E-state index is 0.0759. The number of fused-ring (bicyclic) bond motifs is 1. The van der Waals surface area contributed by atoms with Crippen LogP contribution >= 0.6 is 11.6 Å². The van der Waals surface area contributed by atoms with Crippen molar-refractivity contribution in [3.63, 3.8) is 0 Å². The summed E-state index contributed by atoms with van der Waals surface area (Å²) < 4.78 is 1.90. The summed E-state index contributed by atoms with van der Waals surface area (Å²) in [5.41, 5.74) is 3.48. The Labute approximate surface area is 227 Å². The van der Waals surface area contributed by atoms with E-state index in [2.05, 4.69) is 39.8 Å². The van der Waals surface area contributed by atoms with Crippen molar-refractivity contribution < 1.29 is 0 Å². The lowest BCUT2D eigenvalue weighted by Gasteiger charge is -2.29. The van der Waals surface area contributed by atoms with Gasteiger partial charge >= 0.3 is 0 Å². The molecule has 3 rings (SSSR count). The van der Waals surface area contributed by atoms with Crippen molar-refractivity contribution in [2.75, 3.05) is 0 Å². The molecule has 0 spiro atoms. The molecule has 3 nitrogen and oxygen atoms in total. The summed E-state index contributed by atoms with van der Waals surface area (Å²) in [4.78, 5) is 5.22. The summed E-state index contributed by atoms with van der Waals surface area (Å²) in [6.45, 7) is 9.42. The predicted molar refractivity (Wildman–Crippen MR) is 156 cm³/mol. The van der Waals surface area contributed by atoms with E-state index >= 15 is 0 Å². The smallest absolute Gasteiger partial charge is 0.157 e. The van der Waals surface area contributed by atoms with Crippen LogP contribution in [0.5, 0.6) is 0 Å². The number of unbranched alkanes of at least 4 members (excludes halogenated alkanes) is 6. The second kappa shape index (κ2) is 14.7. The van der Waals surface area contributed by atoms with Crippen molar-refractivity contribution in [1.29, 1.82) is 0 Å². The summed E-state index contributed by atoms with van der Waals surface area (Å²) in [6.07, 6.45) is 26.2. The van der Waals surface area contributed by atoms with Crippen LogP contribution in [0.15, 0.2) is 12.1 Å². The first-order valence-electron chi connectivity index (χ1n) is 15.5. The lowest BCUT2D eigenvalue weighted by atomic mass is 9.77. The highest BCUT2D eigenvalue weighted by atomic mass is 35.5. The normalized spacial score (nSPS) is 19.1. The monoisotopic (exact) mass is 515 g/mol. The van der Waals surface area contributed by atoms with Gasteiger partial charge in [0.2, 0.25) is 0 Å². The van der Waals surface area contributed by atoms with Gasteiger partial charge < -0.3 is 0 Å². The number of hydrogen-bond acceptors (Lipinski definition) is 2. The fourth-order valence-electron chi connectivity index (χ4n) is 6.42. The molecule has 1 atom stereocenters. The lowest BCUT2D eigenvalue weighted by molar-refractivity contribution is 0.359. The second-order valence-electron chi connectivity index (χ2n) is 12.3. The molecule has 0 saturated heterocycles. The second-order valence-corrected chi connectivity index (χ2v) is 12.7. The maximum atomic E-state index is 6.89. The van der Waals surface area contributed by atoms with Crippen molar-refractivity contribution in [3.05, 3.63) is 28.7 Å². The van der Waals surface area contributed by atoms with Crippen LogP contribution in [0.4, 0.5) is 0 Å². The van der Waals surface area contributed by atoms with Gasteiger partial charge in [-0.1, -0.05) is 142 Å². The van der Waals surface area contributed by atoms with E-state index in [1.165, 1.54) is 128 Å². The number of nitrogens with zero attached hydrogens (tertiary/aromatic N) is 3. The average Bonchev–Trinajstić information content (AvgIpc) is 3.29. The third-order valence-corrected chi connectivity index (χ3v) is 9.23. The highest BCUT2D eigenvalue weighted by Gasteiger charge is 2.32. The Kier molecular flexibility index (Phi) is 12.1. The maximum absolute atomic E-state index is 6.89. The lowest BCUT2D eigenvalue weighted by Crippen LogP contribution is -2.24. The Morgan fingerprint density at radius 3 is 2.00 bits per heavy atom. The van der Waals surface area contributed by atoms with Crippen LogP contribution in [0.3, 0.4) is 0 Å². The molecule has 204 valence electrons. The molecule has 0 bridgehead atoms. The molecule has 4 heteroatoms. The van der Waals surface area contributed by atoms with Gasteiger partial charge in [0.05, 0.1) is 11.4 Å². The number of halogens is 1. The molecule has 2 aromatic rings. The molecule has 0 aromatic carbocycles.